The van der Waals surface area contributed by atoms with Crippen LogP contribution in [0.5, 0.6) is 0 Å². The Balaban J connectivity index is 3.48. The van der Waals surface area contributed by atoms with Gasteiger partial charge in [-0.15, -0.1) is 0 Å². The lowest BCUT2D eigenvalue weighted by molar-refractivity contribution is -0.123. The van der Waals surface area contributed by atoms with E-state index in [9.17, 15) is 4.79 Å². The quantitative estimate of drug-likeness (QED) is 0.0571. The van der Waals surface area contributed by atoms with E-state index >= 15 is 0 Å². The first-order valence-electron chi connectivity index (χ1n) is 19.2. The van der Waals surface area contributed by atoms with Gasteiger partial charge in [-0.05, 0) is 12.8 Å². The van der Waals surface area contributed by atoms with Crippen LogP contribution in [0.4, 0.5) is 0 Å². The molecule has 0 radical (unpaired) electrons. The number of rotatable bonds is 35. The van der Waals surface area contributed by atoms with Gasteiger partial charge in [-0.2, -0.15) is 0 Å². The van der Waals surface area contributed by atoms with Crippen molar-refractivity contribution < 1.29 is 4.79 Å². The second-order valence-corrected chi connectivity index (χ2v) is 13.5. The molecule has 0 aliphatic carbocycles. The fourth-order valence-corrected chi connectivity index (χ4v) is 6.52. The van der Waals surface area contributed by atoms with Crippen LogP contribution in [0.25, 0.3) is 0 Å². The highest BCUT2D eigenvalue weighted by atomic mass is 35.5. The highest BCUT2D eigenvalue weighted by Gasteiger charge is 2.16. The number of amides is 1. The normalized spacial score (nSPS) is 11.5. The van der Waals surface area contributed by atoms with E-state index in [0.29, 0.717) is 0 Å². The lowest BCUT2D eigenvalue weighted by Crippen LogP contribution is -2.23. The molecule has 0 aliphatic heterocycles. The third-order valence-electron chi connectivity index (χ3n) is 9.28. The average molecular weight is 598 g/mol. The van der Waals surface area contributed by atoms with Crippen LogP contribution in [-0.4, -0.2) is 5.91 Å². The summed E-state index contributed by atoms with van der Waals surface area (Å²) in [5.41, 5.74) is 0. The standard InChI is InChI=1S/C38H76ClNO/c1-3-5-7-9-11-13-15-17-19-21-23-25-27-29-31-33-35-37(38(41)40-39)36-34-32-30-28-26-24-22-20-18-16-14-12-10-8-6-4-2/h37H,3-36H2,1-2H3,(H,40,41). The zero-order valence-electron chi connectivity index (χ0n) is 28.4. The smallest absolute Gasteiger partial charge is 0.237 e. The number of hydrogen-bond donors (Lipinski definition) is 1. The number of unbranched alkanes of at least 4 members (excludes halogenated alkanes) is 30. The van der Waals surface area contributed by atoms with Crippen molar-refractivity contribution in [2.24, 2.45) is 5.92 Å². The summed E-state index contributed by atoms with van der Waals surface area (Å²) in [4.78, 5) is 14.7. The molecular weight excluding hydrogens is 522 g/mol. The van der Waals surface area contributed by atoms with Gasteiger partial charge in [0.05, 0.1) is 0 Å². The van der Waals surface area contributed by atoms with E-state index in [1.807, 2.05) is 0 Å². The average Bonchev–Trinajstić information content (AvgIpc) is 2.99. The van der Waals surface area contributed by atoms with E-state index < -0.39 is 0 Å². The van der Waals surface area contributed by atoms with Crippen molar-refractivity contribution in [1.29, 1.82) is 0 Å². The lowest BCUT2D eigenvalue weighted by atomic mass is 9.93. The fourth-order valence-electron chi connectivity index (χ4n) is 6.36. The highest BCUT2D eigenvalue weighted by Crippen LogP contribution is 2.21. The minimum atomic E-state index is 0.0496. The van der Waals surface area contributed by atoms with Gasteiger partial charge in [0, 0.05) is 17.7 Å². The third-order valence-corrected chi connectivity index (χ3v) is 9.46. The first kappa shape index (κ1) is 40.8. The molecule has 0 heterocycles. The molecule has 0 spiro atoms. The zero-order valence-corrected chi connectivity index (χ0v) is 29.2. The molecule has 0 atom stereocenters. The Hall–Kier alpha value is -0.240. The van der Waals surface area contributed by atoms with Crippen LogP contribution in [0.15, 0.2) is 0 Å². The molecule has 3 heteroatoms. The topological polar surface area (TPSA) is 29.1 Å². The molecule has 0 aromatic carbocycles. The second kappa shape index (κ2) is 36.0. The minimum absolute atomic E-state index is 0.0496. The van der Waals surface area contributed by atoms with Gasteiger partial charge in [-0.3, -0.25) is 9.63 Å². The van der Waals surface area contributed by atoms with Crippen molar-refractivity contribution >= 4 is 17.7 Å². The lowest BCUT2D eigenvalue weighted by Gasteiger charge is -2.14. The molecule has 0 saturated heterocycles. The summed E-state index contributed by atoms with van der Waals surface area (Å²) in [5, 5.41) is 0. The van der Waals surface area contributed by atoms with E-state index in [4.69, 9.17) is 11.8 Å². The third kappa shape index (κ3) is 32.5. The Labute approximate surface area is 264 Å². The summed E-state index contributed by atoms with van der Waals surface area (Å²) < 4.78 is 0. The van der Waals surface area contributed by atoms with Crippen LogP contribution in [0.2, 0.25) is 0 Å². The second-order valence-electron chi connectivity index (χ2n) is 13.3. The minimum Gasteiger partial charge on any atom is -0.273 e. The molecule has 0 rings (SSSR count). The van der Waals surface area contributed by atoms with Crippen molar-refractivity contribution in [3.63, 3.8) is 0 Å². The summed E-state index contributed by atoms with van der Waals surface area (Å²) in [6, 6.07) is 0. The van der Waals surface area contributed by atoms with E-state index in [1.54, 1.807) is 0 Å². The summed E-state index contributed by atoms with van der Waals surface area (Å²) in [6.45, 7) is 4.59. The molecule has 0 fully saturated rings. The van der Waals surface area contributed by atoms with Gasteiger partial charge in [0.2, 0.25) is 5.91 Å². The molecule has 1 amide bonds. The van der Waals surface area contributed by atoms with Crippen molar-refractivity contribution in [2.75, 3.05) is 0 Å². The summed E-state index contributed by atoms with van der Waals surface area (Å²) in [5.74, 6) is 0.166. The van der Waals surface area contributed by atoms with Crippen molar-refractivity contribution in [3.8, 4) is 0 Å². The van der Waals surface area contributed by atoms with Gasteiger partial charge in [-0.25, -0.2) is 0 Å². The van der Waals surface area contributed by atoms with E-state index in [0.717, 1.165) is 12.8 Å². The van der Waals surface area contributed by atoms with Gasteiger partial charge in [0.1, 0.15) is 0 Å². The van der Waals surface area contributed by atoms with Crippen LogP contribution in [-0.2, 0) is 4.79 Å². The Morgan fingerprint density at radius 1 is 0.390 bits per heavy atom. The van der Waals surface area contributed by atoms with Gasteiger partial charge in [0.15, 0.2) is 0 Å². The molecule has 0 unspecified atom stereocenters. The van der Waals surface area contributed by atoms with Crippen LogP contribution < -0.4 is 4.84 Å². The monoisotopic (exact) mass is 598 g/mol. The maximum Gasteiger partial charge on any atom is 0.237 e. The molecule has 2 nitrogen and oxygen atoms in total. The molecule has 0 aliphatic rings. The van der Waals surface area contributed by atoms with Gasteiger partial charge < -0.3 is 0 Å². The largest absolute Gasteiger partial charge is 0.273 e. The first-order chi connectivity index (χ1) is 20.3. The Kier molecular flexibility index (Phi) is 35.7. The molecule has 246 valence electrons. The number of halogens is 1. The van der Waals surface area contributed by atoms with Crippen molar-refractivity contribution in [3.05, 3.63) is 0 Å². The highest BCUT2D eigenvalue weighted by molar-refractivity contribution is 6.21. The fraction of sp³-hybridized carbons (Fsp3) is 0.974. The van der Waals surface area contributed by atoms with Crippen LogP contribution in [0, 0.1) is 5.92 Å². The van der Waals surface area contributed by atoms with Gasteiger partial charge in [0.25, 0.3) is 0 Å². The molecular formula is C38H76ClNO. The number of hydrogen-bond acceptors (Lipinski definition) is 1. The van der Waals surface area contributed by atoms with E-state index in [1.165, 1.54) is 205 Å². The Bertz CT molecular complexity index is 461. The van der Waals surface area contributed by atoms with Gasteiger partial charge >= 0.3 is 0 Å². The molecule has 0 aromatic rings. The maximum absolute atomic E-state index is 12.3. The molecule has 0 aromatic heterocycles. The van der Waals surface area contributed by atoms with Crippen LogP contribution in [0.1, 0.15) is 232 Å². The van der Waals surface area contributed by atoms with Gasteiger partial charge in [-0.1, -0.05) is 219 Å². The molecule has 0 saturated carbocycles. The Morgan fingerprint density at radius 2 is 0.585 bits per heavy atom. The zero-order chi connectivity index (χ0) is 29.9. The first-order valence-corrected chi connectivity index (χ1v) is 19.5. The van der Waals surface area contributed by atoms with Crippen molar-refractivity contribution in [1.82, 2.24) is 4.84 Å². The molecule has 0 bridgehead atoms. The number of carbonyl (C=O) groups excluding carboxylic acids is 1. The number of carbonyl (C=O) groups is 1. The van der Waals surface area contributed by atoms with E-state index in [2.05, 4.69) is 18.7 Å². The predicted molar refractivity (Wildman–Crippen MR) is 186 cm³/mol. The van der Waals surface area contributed by atoms with Crippen molar-refractivity contribution in [2.45, 2.75) is 232 Å². The maximum atomic E-state index is 12.3. The summed E-state index contributed by atoms with van der Waals surface area (Å²) in [7, 11) is 0. The van der Waals surface area contributed by atoms with Crippen LogP contribution in [0.3, 0.4) is 0 Å². The SMILES string of the molecule is CCCCCCCCCCCCCCCCCCC(CCCCCCCCCCCCCCCCCC)C(=O)NCl. The molecule has 1 N–H and O–H groups in total. The summed E-state index contributed by atoms with van der Waals surface area (Å²) in [6.07, 6.45) is 46.5. The summed E-state index contributed by atoms with van der Waals surface area (Å²) >= 11 is 5.70. The molecule has 41 heavy (non-hydrogen) atoms. The van der Waals surface area contributed by atoms with Crippen LogP contribution >= 0.6 is 11.8 Å². The van der Waals surface area contributed by atoms with E-state index in [-0.39, 0.29) is 11.8 Å². The Morgan fingerprint density at radius 3 is 0.780 bits per heavy atom. The number of nitrogens with one attached hydrogen (secondary N) is 1. The predicted octanol–water partition coefficient (Wildman–Crippen LogP) is 14.2.